The SMILES string of the molecule is C=CCOc1cccc(NC(=O)CN(c2ccc(C(C)(C)C)cc2)S(C)(=O)=O)c1. The van der Waals surface area contributed by atoms with Gasteiger partial charge in [-0.25, -0.2) is 8.42 Å². The molecule has 7 heteroatoms. The molecular weight excluding hydrogens is 388 g/mol. The lowest BCUT2D eigenvalue weighted by Gasteiger charge is -2.24. The van der Waals surface area contributed by atoms with Crippen LogP contribution in [0.4, 0.5) is 11.4 Å². The summed E-state index contributed by atoms with van der Waals surface area (Å²) in [5.74, 6) is 0.136. The topological polar surface area (TPSA) is 75.7 Å². The lowest BCUT2D eigenvalue weighted by molar-refractivity contribution is -0.114. The molecular formula is C22H28N2O4S. The molecule has 0 radical (unpaired) electrons. The van der Waals surface area contributed by atoms with Gasteiger partial charge in [0.1, 0.15) is 18.9 Å². The largest absolute Gasteiger partial charge is 0.489 e. The number of sulfonamides is 1. The average Bonchev–Trinajstić information content (AvgIpc) is 2.63. The summed E-state index contributed by atoms with van der Waals surface area (Å²) < 4.78 is 31.1. The number of nitrogens with zero attached hydrogens (tertiary/aromatic N) is 1. The molecule has 2 rings (SSSR count). The molecule has 0 aliphatic carbocycles. The van der Waals surface area contributed by atoms with Crippen molar-refractivity contribution in [1.82, 2.24) is 0 Å². The summed E-state index contributed by atoms with van der Waals surface area (Å²) in [4.78, 5) is 12.5. The van der Waals surface area contributed by atoms with Crippen molar-refractivity contribution in [3.05, 3.63) is 66.7 Å². The Morgan fingerprint density at radius 3 is 2.38 bits per heavy atom. The normalized spacial score (nSPS) is 11.6. The van der Waals surface area contributed by atoms with E-state index in [0.717, 1.165) is 16.1 Å². The van der Waals surface area contributed by atoms with Crippen molar-refractivity contribution in [3.63, 3.8) is 0 Å². The molecule has 6 nitrogen and oxygen atoms in total. The molecule has 0 fully saturated rings. The fourth-order valence-electron chi connectivity index (χ4n) is 2.68. The van der Waals surface area contributed by atoms with E-state index in [1.165, 1.54) is 0 Å². The van der Waals surface area contributed by atoms with Crippen LogP contribution in [0.2, 0.25) is 0 Å². The van der Waals surface area contributed by atoms with Crippen molar-refractivity contribution in [2.45, 2.75) is 26.2 Å². The Hall–Kier alpha value is -2.80. The molecule has 0 spiro atoms. The van der Waals surface area contributed by atoms with Crippen LogP contribution in [0, 0.1) is 0 Å². The number of amides is 1. The third-order valence-electron chi connectivity index (χ3n) is 4.19. The fraction of sp³-hybridized carbons (Fsp3) is 0.318. The molecule has 0 saturated heterocycles. The fourth-order valence-corrected chi connectivity index (χ4v) is 3.53. The second-order valence-corrected chi connectivity index (χ2v) is 9.65. The minimum Gasteiger partial charge on any atom is -0.489 e. The number of ether oxygens (including phenoxy) is 1. The molecule has 0 aromatic heterocycles. The van der Waals surface area contributed by atoms with Crippen molar-refractivity contribution >= 4 is 27.3 Å². The van der Waals surface area contributed by atoms with Gasteiger partial charge >= 0.3 is 0 Å². The first kappa shape index (κ1) is 22.5. The number of hydrogen-bond acceptors (Lipinski definition) is 4. The molecule has 0 aliphatic rings. The van der Waals surface area contributed by atoms with Crippen molar-refractivity contribution in [3.8, 4) is 5.75 Å². The van der Waals surface area contributed by atoms with Crippen LogP contribution in [0.15, 0.2) is 61.2 Å². The maximum absolute atomic E-state index is 12.5. The summed E-state index contributed by atoms with van der Waals surface area (Å²) in [6.45, 7) is 9.86. The lowest BCUT2D eigenvalue weighted by Crippen LogP contribution is -2.37. The standard InChI is InChI=1S/C22H28N2O4S/c1-6-14-28-20-9-7-8-18(15-20)23-21(25)16-24(29(5,26)27)19-12-10-17(11-13-19)22(2,3)4/h6-13,15H,1,14,16H2,2-5H3,(H,23,25). The van der Waals surface area contributed by atoms with Crippen LogP contribution in [-0.4, -0.2) is 33.7 Å². The zero-order chi connectivity index (χ0) is 21.7. The number of rotatable bonds is 8. The van der Waals surface area contributed by atoms with Crippen LogP contribution in [-0.2, 0) is 20.2 Å². The maximum Gasteiger partial charge on any atom is 0.245 e. The molecule has 0 atom stereocenters. The van der Waals surface area contributed by atoms with E-state index in [-0.39, 0.29) is 12.0 Å². The Morgan fingerprint density at radius 2 is 1.83 bits per heavy atom. The Kier molecular flexibility index (Phi) is 7.08. The molecule has 0 bridgehead atoms. The molecule has 2 aromatic rings. The third kappa shape index (κ3) is 6.64. The quantitative estimate of drug-likeness (QED) is 0.661. The van der Waals surface area contributed by atoms with Gasteiger partial charge < -0.3 is 10.1 Å². The van der Waals surface area contributed by atoms with E-state index in [9.17, 15) is 13.2 Å². The highest BCUT2D eigenvalue weighted by Crippen LogP contribution is 2.26. The van der Waals surface area contributed by atoms with Gasteiger partial charge in [-0.05, 0) is 35.2 Å². The van der Waals surface area contributed by atoms with Gasteiger partial charge in [0.2, 0.25) is 15.9 Å². The lowest BCUT2D eigenvalue weighted by atomic mass is 9.87. The molecule has 2 aromatic carbocycles. The van der Waals surface area contributed by atoms with Gasteiger partial charge in [0.05, 0.1) is 11.9 Å². The van der Waals surface area contributed by atoms with Gasteiger partial charge in [-0.3, -0.25) is 9.10 Å². The summed E-state index contributed by atoms with van der Waals surface area (Å²) in [6, 6.07) is 14.1. The van der Waals surface area contributed by atoms with Crippen molar-refractivity contribution in [2.24, 2.45) is 0 Å². The minimum atomic E-state index is -3.64. The molecule has 156 valence electrons. The van der Waals surface area contributed by atoms with Gasteiger partial charge in [0, 0.05) is 11.8 Å². The number of carbonyl (C=O) groups excluding carboxylic acids is 1. The zero-order valence-electron chi connectivity index (χ0n) is 17.3. The van der Waals surface area contributed by atoms with Crippen LogP contribution in [0.1, 0.15) is 26.3 Å². The molecule has 1 N–H and O–H groups in total. The third-order valence-corrected chi connectivity index (χ3v) is 5.34. The van der Waals surface area contributed by atoms with E-state index in [1.54, 1.807) is 42.5 Å². The average molecular weight is 417 g/mol. The van der Waals surface area contributed by atoms with Crippen molar-refractivity contribution < 1.29 is 17.9 Å². The highest BCUT2D eigenvalue weighted by molar-refractivity contribution is 7.92. The first-order valence-electron chi connectivity index (χ1n) is 9.22. The Balaban J connectivity index is 2.17. The number of anilines is 2. The van der Waals surface area contributed by atoms with Crippen molar-refractivity contribution in [1.29, 1.82) is 0 Å². The zero-order valence-corrected chi connectivity index (χ0v) is 18.1. The maximum atomic E-state index is 12.5. The van der Waals surface area contributed by atoms with Crippen molar-refractivity contribution in [2.75, 3.05) is 29.0 Å². The van der Waals surface area contributed by atoms with Crippen LogP contribution < -0.4 is 14.4 Å². The first-order chi connectivity index (χ1) is 13.5. The highest BCUT2D eigenvalue weighted by Gasteiger charge is 2.22. The van der Waals surface area contributed by atoms with E-state index in [4.69, 9.17) is 4.74 Å². The van der Waals surface area contributed by atoms with Gasteiger partial charge in [-0.2, -0.15) is 0 Å². The van der Waals surface area contributed by atoms with Crippen LogP contribution in [0.5, 0.6) is 5.75 Å². The Bertz CT molecular complexity index is 961. The second kappa shape index (κ2) is 9.13. The van der Waals surface area contributed by atoms with Crippen LogP contribution in [0.25, 0.3) is 0 Å². The number of carbonyl (C=O) groups is 1. The molecule has 29 heavy (non-hydrogen) atoms. The molecule has 0 aliphatic heterocycles. The number of hydrogen-bond donors (Lipinski definition) is 1. The monoisotopic (exact) mass is 416 g/mol. The predicted octanol–water partition coefficient (Wildman–Crippen LogP) is 3.95. The van der Waals surface area contributed by atoms with Gasteiger partial charge in [0.15, 0.2) is 0 Å². The van der Waals surface area contributed by atoms with Gasteiger partial charge in [0.25, 0.3) is 0 Å². The summed E-state index contributed by atoms with van der Waals surface area (Å²) in [5.41, 5.74) is 1.99. The Morgan fingerprint density at radius 1 is 1.17 bits per heavy atom. The molecule has 0 heterocycles. The minimum absolute atomic E-state index is 0.0511. The smallest absolute Gasteiger partial charge is 0.245 e. The van der Waals surface area contributed by atoms with E-state index in [0.29, 0.717) is 23.7 Å². The number of nitrogens with one attached hydrogen (secondary N) is 1. The van der Waals surface area contributed by atoms with Gasteiger partial charge in [-0.15, -0.1) is 0 Å². The van der Waals surface area contributed by atoms with E-state index >= 15 is 0 Å². The second-order valence-electron chi connectivity index (χ2n) is 7.74. The molecule has 0 unspecified atom stereocenters. The van der Waals surface area contributed by atoms with Crippen LogP contribution >= 0.6 is 0 Å². The molecule has 1 amide bonds. The summed E-state index contributed by atoms with van der Waals surface area (Å²) in [6.07, 6.45) is 2.71. The van der Waals surface area contributed by atoms with E-state index in [2.05, 4.69) is 32.7 Å². The van der Waals surface area contributed by atoms with Crippen LogP contribution in [0.3, 0.4) is 0 Å². The first-order valence-corrected chi connectivity index (χ1v) is 11.1. The predicted molar refractivity (Wildman–Crippen MR) is 118 cm³/mol. The highest BCUT2D eigenvalue weighted by atomic mass is 32.2. The summed E-state index contributed by atoms with van der Waals surface area (Å²) in [5, 5.41) is 2.72. The van der Waals surface area contributed by atoms with E-state index in [1.807, 2.05) is 12.1 Å². The Labute approximate surface area is 173 Å². The summed E-state index contributed by atoms with van der Waals surface area (Å²) >= 11 is 0. The van der Waals surface area contributed by atoms with Gasteiger partial charge in [-0.1, -0.05) is 51.6 Å². The number of benzene rings is 2. The van der Waals surface area contributed by atoms with E-state index < -0.39 is 15.9 Å². The summed E-state index contributed by atoms with van der Waals surface area (Å²) in [7, 11) is -3.64. The molecule has 0 saturated carbocycles.